The monoisotopic (exact) mass is 523 g/mol. The van der Waals surface area contributed by atoms with Crippen LogP contribution in [0.2, 0.25) is 0 Å². The molecule has 1 atom stereocenters. The zero-order valence-corrected chi connectivity index (χ0v) is 21.1. The van der Waals surface area contributed by atoms with E-state index >= 15 is 0 Å². The van der Waals surface area contributed by atoms with Crippen molar-refractivity contribution in [2.24, 2.45) is 0 Å². The zero-order chi connectivity index (χ0) is 24.2. The van der Waals surface area contributed by atoms with E-state index in [-0.39, 0.29) is 11.9 Å². The van der Waals surface area contributed by atoms with Crippen LogP contribution in [-0.2, 0) is 17.8 Å². The number of hydrogen-bond acceptors (Lipinski definition) is 2. The Kier molecular flexibility index (Phi) is 6.77. The predicted molar refractivity (Wildman–Crippen MR) is 145 cm³/mol. The molecule has 174 valence electrons. The first kappa shape index (κ1) is 23.1. The van der Waals surface area contributed by atoms with E-state index in [4.69, 9.17) is 4.98 Å². The van der Waals surface area contributed by atoms with Crippen molar-refractivity contribution in [1.29, 1.82) is 0 Å². The Morgan fingerprint density at radius 1 is 0.829 bits per heavy atom. The third kappa shape index (κ3) is 5.36. The van der Waals surface area contributed by atoms with Gasteiger partial charge in [-0.15, -0.1) is 0 Å². The maximum Gasteiger partial charge on any atom is 0.224 e. The maximum absolute atomic E-state index is 12.9. The lowest BCUT2D eigenvalue weighted by molar-refractivity contribution is -0.121. The van der Waals surface area contributed by atoms with Gasteiger partial charge in [-0.2, -0.15) is 0 Å². The first-order valence-electron chi connectivity index (χ1n) is 11.7. The van der Waals surface area contributed by atoms with Gasteiger partial charge in [-0.25, -0.2) is 4.98 Å². The summed E-state index contributed by atoms with van der Waals surface area (Å²) in [6, 6.07) is 34.6. The van der Waals surface area contributed by atoms with E-state index in [0.29, 0.717) is 13.0 Å². The number of fused-ring (bicyclic) bond motifs is 1. The van der Waals surface area contributed by atoms with Crippen molar-refractivity contribution in [2.75, 3.05) is 0 Å². The van der Waals surface area contributed by atoms with E-state index in [1.165, 1.54) is 11.1 Å². The number of amides is 1. The van der Waals surface area contributed by atoms with Crippen molar-refractivity contribution in [1.82, 2.24) is 14.9 Å². The molecule has 5 heteroatoms. The number of nitrogens with zero attached hydrogens (tertiary/aromatic N) is 2. The molecule has 0 saturated heterocycles. The van der Waals surface area contributed by atoms with Gasteiger partial charge in [0.1, 0.15) is 5.82 Å². The number of carbonyl (C=O) groups excluding carboxylic acids is 1. The number of nitrogens with one attached hydrogen (secondary N) is 1. The van der Waals surface area contributed by atoms with Gasteiger partial charge in [0.2, 0.25) is 5.91 Å². The molecule has 0 aliphatic rings. The lowest BCUT2D eigenvalue weighted by Crippen LogP contribution is -2.30. The molecule has 1 heterocycles. The van der Waals surface area contributed by atoms with Crippen molar-refractivity contribution in [3.63, 3.8) is 0 Å². The fourth-order valence-electron chi connectivity index (χ4n) is 4.35. The van der Waals surface area contributed by atoms with Crippen molar-refractivity contribution in [2.45, 2.75) is 25.9 Å². The van der Waals surface area contributed by atoms with Crippen LogP contribution in [0.25, 0.3) is 22.2 Å². The van der Waals surface area contributed by atoms with Crippen LogP contribution in [0.3, 0.4) is 0 Å². The summed E-state index contributed by atoms with van der Waals surface area (Å²) in [5.74, 6) is 0.828. The summed E-state index contributed by atoms with van der Waals surface area (Å²) < 4.78 is 3.24. The van der Waals surface area contributed by atoms with Gasteiger partial charge in [-0.3, -0.25) is 4.79 Å². The minimum atomic E-state index is -0.228. The van der Waals surface area contributed by atoms with Gasteiger partial charge >= 0.3 is 0 Å². The number of carbonyl (C=O) groups is 1. The Labute approximate surface area is 213 Å². The minimum absolute atomic E-state index is 0.0211. The van der Waals surface area contributed by atoms with Crippen molar-refractivity contribution in [3.8, 4) is 11.1 Å². The molecule has 0 saturated carbocycles. The third-order valence-electron chi connectivity index (χ3n) is 6.13. The van der Waals surface area contributed by atoms with Crippen molar-refractivity contribution < 1.29 is 4.79 Å². The van der Waals surface area contributed by atoms with Crippen LogP contribution in [-0.4, -0.2) is 15.5 Å². The molecule has 0 spiro atoms. The van der Waals surface area contributed by atoms with Crippen LogP contribution in [0.1, 0.15) is 29.9 Å². The summed E-state index contributed by atoms with van der Waals surface area (Å²) in [5, 5.41) is 3.16. The van der Waals surface area contributed by atoms with Gasteiger partial charge in [0.15, 0.2) is 0 Å². The van der Waals surface area contributed by atoms with Crippen LogP contribution in [0.5, 0.6) is 0 Å². The average molecular weight is 524 g/mol. The van der Waals surface area contributed by atoms with Crippen LogP contribution in [0.4, 0.5) is 0 Å². The molecular weight excluding hydrogens is 498 g/mol. The molecule has 4 aromatic carbocycles. The summed E-state index contributed by atoms with van der Waals surface area (Å²) >= 11 is 3.50. The summed E-state index contributed by atoms with van der Waals surface area (Å²) in [5.41, 5.74) is 6.46. The van der Waals surface area contributed by atoms with E-state index in [9.17, 15) is 4.79 Å². The Bertz CT molecular complexity index is 1440. The highest BCUT2D eigenvalue weighted by atomic mass is 79.9. The van der Waals surface area contributed by atoms with Crippen molar-refractivity contribution >= 4 is 32.9 Å². The number of rotatable bonds is 7. The molecule has 0 aliphatic heterocycles. The van der Waals surface area contributed by atoms with Gasteiger partial charge in [-0.05, 0) is 53.4 Å². The summed E-state index contributed by atoms with van der Waals surface area (Å²) in [7, 11) is 0. The molecular formula is C30H26BrN3O. The molecule has 4 nitrogen and oxygen atoms in total. The first-order valence-corrected chi connectivity index (χ1v) is 12.5. The molecule has 1 unspecified atom stereocenters. The largest absolute Gasteiger partial charge is 0.346 e. The number of benzene rings is 4. The normalized spacial score (nSPS) is 11.9. The highest BCUT2D eigenvalue weighted by Crippen LogP contribution is 2.24. The van der Waals surface area contributed by atoms with Gasteiger partial charge in [0.05, 0.1) is 23.5 Å². The number of hydrogen-bond donors (Lipinski definition) is 1. The molecule has 0 aliphatic carbocycles. The smallest absolute Gasteiger partial charge is 0.224 e. The third-order valence-corrected chi connectivity index (χ3v) is 6.66. The van der Waals surface area contributed by atoms with Gasteiger partial charge < -0.3 is 9.88 Å². The second-order valence-corrected chi connectivity index (χ2v) is 9.62. The molecule has 0 radical (unpaired) electrons. The molecule has 1 N–H and O–H groups in total. The van der Waals surface area contributed by atoms with E-state index < -0.39 is 0 Å². The molecule has 5 aromatic rings. The van der Waals surface area contributed by atoms with Crippen molar-refractivity contribution in [3.05, 3.63) is 125 Å². The summed E-state index contributed by atoms with van der Waals surface area (Å²) in [6.07, 6.45) is 0.326. The summed E-state index contributed by atoms with van der Waals surface area (Å²) in [4.78, 5) is 17.8. The zero-order valence-electron chi connectivity index (χ0n) is 19.5. The highest BCUT2D eigenvalue weighted by Gasteiger charge is 2.19. The molecule has 0 bridgehead atoms. The lowest BCUT2D eigenvalue weighted by Gasteiger charge is -2.17. The lowest BCUT2D eigenvalue weighted by atomic mass is 10.0. The van der Waals surface area contributed by atoms with Crippen LogP contribution in [0, 0.1) is 0 Å². The van der Waals surface area contributed by atoms with E-state index in [1.54, 1.807) is 0 Å². The van der Waals surface area contributed by atoms with Gasteiger partial charge in [-0.1, -0.05) is 94.8 Å². The Morgan fingerprint density at radius 3 is 2.20 bits per heavy atom. The fourth-order valence-corrected chi connectivity index (χ4v) is 4.62. The van der Waals surface area contributed by atoms with Crippen LogP contribution >= 0.6 is 15.9 Å². The molecule has 1 aromatic heterocycles. The van der Waals surface area contributed by atoms with Crippen LogP contribution < -0.4 is 5.32 Å². The molecule has 1 amide bonds. The standard InChI is InChI=1S/C30H26BrN3O/c1-21(32-29(35)19-22-11-15-25(16-12-22)24-7-3-2-4-8-24)30-33-27-9-5-6-10-28(27)34(30)20-23-13-17-26(31)18-14-23/h2-18,21H,19-20H2,1H3,(H,32,35). The Balaban J connectivity index is 1.32. The first-order chi connectivity index (χ1) is 17.1. The molecule has 5 rings (SSSR count). The quantitative estimate of drug-likeness (QED) is 0.251. The van der Waals surface area contributed by atoms with Gasteiger partial charge in [0, 0.05) is 11.0 Å². The number of imidazole rings is 1. The summed E-state index contributed by atoms with van der Waals surface area (Å²) in [6.45, 7) is 2.68. The predicted octanol–water partition coefficient (Wildman–Crippen LogP) is 6.93. The van der Waals surface area contributed by atoms with E-state index in [1.807, 2.05) is 67.6 Å². The van der Waals surface area contributed by atoms with E-state index in [2.05, 4.69) is 68.3 Å². The molecule has 0 fully saturated rings. The second kappa shape index (κ2) is 10.3. The SMILES string of the molecule is CC(NC(=O)Cc1ccc(-c2ccccc2)cc1)c1nc2ccccc2n1Cc1ccc(Br)cc1. The Morgan fingerprint density at radius 2 is 1.46 bits per heavy atom. The topological polar surface area (TPSA) is 46.9 Å². The van der Waals surface area contributed by atoms with E-state index in [0.717, 1.165) is 32.5 Å². The Hall–Kier alpha value is -3.70. The average Bonchev–Trinajstić information content (AvgIpc) is 3.25. The number of para-hydroxylation sites is 2. The second-order valence-electron chi connectivity index (χ2n) is 8.70. The van der Waals surface area contributed by atoms with Crippen LogP contribution in [0.15, 0.2) is 108 Å². The minimum Gasteiger partial charge on any atom is -0.346 e. The maximum atomic E-state index is 12.9. The fraction of sp³-hybridized carbons (Fsp3) is 0.133. The number of aromatic nitrogens is 2. The number of halogens is 1. The molecule has 35 heavy (non-hydrogen) atoms. The van der Waals surface area contributed by atoms with Gasteiger partial charge in [0.25, 0.3) is 0 Å². The highest BCUT2D eigenvalue weighted by molar-refractivity contribution is 9.10.